The van der Waals surface area contributed by atoms with E-state index in [1.54, 1.807) is 0 Å². The Labute approximate surface area is 66.9 Å². The summed E-state index contributed by atoms with van der Waals surface area (Å²) in [5.41, 5.74) is 2.77. The molecule has 0 aliphatic heterocycles. The van der Waals surface area contributed by atoms with Crippen molar-refractivity contribution in [2.75, 3.05) is 0 Å². The number of aryl methyl sites for hydroxylation is 2. The molecule has 0 atom stereocenters. The molecular weight excluding hydrogens is 146 g/mol. The minimum absolute atomic E-state index is 0. The molecule has 10 heavy (non-hydrogen) atoms. The molecule has 0 unspecified atom stereocenters. The summed E-state index contributed by atoms with van der Waals surface area (Å²) < 4.78 is 0. The predicted molar refractivity (Wildman–Crippen MR) is 43.5 cm³/mol. The summed E-state index contributed by atoms with van der Waals surface area (Å²) in [5.74, 6) is 0. The molecule has 0 spiro atoms. The van der Waals surface area contributed by atoms with Gasteiger partial charge >= 0.3 is 0 Å². The zero-order valence-corrected chi connectivity index (χ0v) is 6.53. The first-order valence-corrected chi connectivity index (χ1v) is 3.39. The molecule has 1 aliphatic rings. The van der Waals surface area contributed by atoms with Crippen molar-refractivity contribution in [1.29, 1.82) is 0 Å². The van der Waals surface area contributed by atoms with Gasteiger partial charge in [0.2, 0.25) is 0 Å². The van der Waals surface area contributed by atoms with Gasteiger partial charge in [-0.2, -0.15) is 0 Å². The molecule has 0 N–H and O–H groups in total. The van der Waals surface area contributed by atoms with Gasteiger partial charge in [-0.15, -0.1) is 12.4 Å². The zero-order valence-electron chi connectivity index (χ0n) is 5.71. The van der Waals surface area contributed by atoms with Crippen LogP contribution in [0.2, 0.25) is 0 Å². The SMILES string of the molecule is Cl.c1cnc2c(c1)CCC2. The third-order valence-corrected chi connectivity index (χ3v) is 1.84. The Morgan fingerprint density at radius 3 is 3.00 bits per heavy atom. The van der Waals surface area contributed by atoms with E-state index in [1.165, 1.54) is 30.5 Å². The van der Waals surface area contributed by atoms with E-state index in [1.807, 2.05) is 12.3 Å². The first-order valence-electron chi connectivity index (χ1n) is 3.39. The molecule has 0 amide bonds. The largest absolute Gasteiger partial charge is 0.261 e. The highest BCUT2D eigenvalue weighted by molar-refractivity contribution is 5.85. The number of fused-ring (bicyclic) bond motifs is 1. The van der Waals surface area contributed by atoms with E-state index in [-0.39, 0.29) is 12.4 Å². The van der Waals surface area contributed by atoms with Crippen LogP contribution in [0.3, 0.4) is 0 Å². The van der Waals surface area contributed by atoms with Crippen LogP contribution in [0.1, 0.15) is 17.7 Å². The molecule has 1 aromatic rings. The van der Waals surface area contributed by atoms with Gasteiger partial charge in [0.05, 0.1) is 0 Å². The fourth-order valence-electron chi connectivity index (χ4n) is 1.37. The van der Waals surface area contributed by atoms with Gasteiger partial charge < -0.3 is 0 Å². The van der Waals surface area contributed by atoms with Crippen LogP contribution in [0.15, 0.2) is 18.3 Å². The van der Waals surface area contributed by atoms with Crippen molar-refractivity contribution in [3.05, 3.63) is 29.6 Å². The van der Waals surface area contributed by atoms with Gasteiger partial charge in [0.25, 0.3) is 0 Å². The average molecular weight is 156 g/mol. The van der Waals surface area contributed by atoms with Crippen molar-refractivity contribution >= 4 is 12.4 Å². The molecule has 0 aromatic carbocycles. The number of aromatic nitrogens is 1. The summed E-state index contributed by atoms with van der Waals surface area (Å²) in [4.78, 5) is 4.26. The highest BCUT2D eigenvalue weighted by atomic mass is 35.5. The van der Waals surface area contributed by atoms with Crippen molar-refractivity contribution in [3.8, 4) is 0 Å². The predicted octanol–water partition coefficient (Wildman–Crippen LogP) is 1.99. The Hall–Kier alpha value is -0.560. The normalized spacial score (nSPS) is 14.0. The topological polar surface area (TPSA) is 12.9 Å². The van der Waals surface area contributed by atoms with Crippen LogP contribution in [-0.2, 0) is 12.8 Å². The third-order valence-electron chi connectivity index (χ3n) is 1.84. The van der Waals surface area contributed by atoms with E-state index in [4.69, 9.17) is 0 Å². The minimum Gasteiger partial charge on any atom is -0.261 e. The first kappa shape index (κ1) is 7.55. The Morgan fingerprint density at radius 2 is 2.20 bits per heavy atom. The fraction of sp³-hybridized carbons (Fsp3) is 0.375. The van der Waals surface area contributed by atoms with Crippen LogP contribution in [0.25, 0.3) is 0 Å². The molecule has 1 heterocycles. The summed E-state index contributed by atoms with van der Waals surface area (Å²) in [6.45, 7) is 0. The molecule has 1 aliphatic carbocycles. The van der Waals surface area contributed by atoms with Gasteiger partial charge in [-0.3, -0.25) is 4.98 Å². The van der Waals surface area contributed by atoms with Gasteiger partial charge in [-0.05, 0) is 30.9 Å². The lowest BCUT2D eigenvalue weighted by molar-refractivity contribution is 0.899. The monoisotopic (exact) mass is 155 g/mol. The molecule has 0 saturated carbocycles. The van der Waals surface area contributed by atoms with Crippen molar-refractivity contribution in [2.24, 2.45) is 0 Å². The molecule has 2 rings (SSSR count). The summed E-state index contributed by atoms with van der Waals surface area (Å²) in [5, 5.41) is 0. The summed E-state index contributed by atoms with van der Waals surface area (Å²) >= 11 is 0. The highest BCUT2D eigenvalue weighted by Gasteiger charge is 2.08. The smallest absolute Gasteiger partial charge is 0.0435 e. The summed E-state index contributed by atoms with van der Waals surface area (Å²) in [6, 6.07) is 4.19. The Balaban J connectivity index is 0.000000500. The lowest BCUT2D eigenvalue weighted by Crippen LogP contribution is -1.83. The van der Waals surface area contributed by atoms with Crippen molar-refractivity contribution < 1.29 is 0 Å². The Morgan fingerprint density at radius 1 is 1.30 bits per heavy atom. The maximum absolute atomic E-state index is 4.26. The quantitative estimate of drug-likeness (QED) is 0.559. The number of halogens is 1. The van der Waals surface area contributed by atoms with E-state index >= 15 is 0 Å². The molecule has 0 radical (unpaired) electrons. The van der Waals surface area contributed by atoms with Gasteiger partial charge in [0.15, 0.2) is 0 Å². The molecule has 0 fully saturated rings. The first-order chi connectivity index (χ1) is 4.47. The van der Waals surface area contributed by atoms with Gasteiger partial charge in [-0.1, -0.05) is 6.07 Å². The average Bonchev–Trinajstić information content (AvgIpc) is 2.33. The van der Waals surface area contributed by atoms with E-state index in [2.05, 4.69) is 11.1 Å². The molecule has 54 valence electrons. The van der Waals surface area contributed by atoms with Crippen LogP contribution in [0, 0.1) is 0 Å². The van der Waals surface area contributed by atoms with Gasteiger partial charge in [0.1, 0.15) is 0 Å². The number of rotatable bonds is 0. The van der Waals surface area contributed by atoms with Crippen LogP contribution < -0.4 is 0 Å². The molecule has 0 saturated heterocycles. The second kappa shape index (κ2) is 3.02. The summed E-state index contributed by atoms with van der Waals surface area (Å²) in [7, 11) is 0. The minimum atomic E-state index is 0. The van der Waals surface area contributed by atoms with Crippen LogP contribution >= 0.6 is 12.4 Å². The number of hydrogen-bond donors (Lipinski definition) is 0. The lowest BCUT2D eigenvalue weighted by Gasteiger charge is -1.92. The molecule has 2 heteroatoms. The number of hydrogen-bond acceptors (Lipinski definition) is 1. The second-order valence-electron chi connectivity index (χ2n) is 2.46. The maximum Gasteiger partial charge on any atom is 0.0435 e. The van der Waals surface area contributed by atoms with Crippen molar-refractivity contribution in [2.45, 2.75) is 19.3 Å². The van der Waals surface area contributed by atoms with E-state index < -0.39 is 0 Å². The number of nitrogens with zero attached hydrogens (tertiary/aromatic N) is 1. The number of pyridine rings is 1. The molecule has 1 nitrogen and oxygen atoms in total. The van der Waals surface area contributed by atoms with Crippen molar-refractivity contribution in [3.63, 3.8) is 0 Å². The van der Waals surface area contributed by atoms with E-state index in [0.717, 1.165) is 0 Å². The Kier molecular flexibility index (Phi) is 2.28. The molecule has 0 bridgehead atoms. The zero-order chi connectivity index (χ0) is 6.10. The van der Waals surface area contributed by atoms with Gasteiger partial charge in [-0.25, -0.2) is 0 Å². The Bertz CT molecular complexity index is 199. The van der Waals surface area contributed by atoms with Crippen molar-refractivity contribution in [1.82, 2.24) is 4.98 Å². The van der Waals surface area contributed by atoms with E-state index in [9.17, 15) is 0 Å². The fourth-order valence-corrected chi connectivity index (χ4v) is 1.37. The standard InChI is InChI=1S/C8H9N.ClH/c1-3-7-4-2-6-9-8(7)5-1;/h2,4,6H,1,3,5H2;1H. The lowest BCUT2D eigenvalue weighted by atomic mass is 10.2. The highest BCUT2D eigenvalue weighted by Crippen LogP contribution is 2.17. The second-order valence-corrected chi connectivity index (χ2v) is 2.46. The van der Waals surface area contributed by atoms with Gasteiger partial charge in [0, 0.05) is 11.9 Å². The molecule has 1 aromatic heterocycles. The van der Waals surface area contributed by atoms with Crippen LogP contribution in [-0.4, -0.2) is 4.98 Å². The van der Waals surface area contributed by atoms with E-state index in [0.29, 0.717) is 0 Å². The molecular formula is C8H10ClN. The maximum atomic E-state index is 4.26. The van der Waals surface area contributed by atoms with Crippen LogP contribution in [0.4, 0.5) is 0 Å². The van der Waals surface area contributed by atoms with Crippen LogP contribution in [0.5, 0.6) is 0 Å². The summed E-state index contributed by atoms with van der Waals surface area (Å²) in [6.07, 6.45) is 5.61. The third kappa shape index (κ3) is 1.14.